The quantitative estimate of drug-likeness (QED) is 0.746. The van der Waals surface area contributed by atoms with Crippen LogP contribution < -0.4 is 9.47 Å². The minimum Gasteiger partial charge on any atom is -0.454 e. The highest BCUT2D eigenvalue weighted by molar-refractivity contribution is 5.81. The molecule has 0 atom stereocenters. The summed E-state index contributed by atoms with van der Waals surface area (Å²) in [4.78, 5) is 4.61. The minimum atomic E-state index is -0.273. The molecule has 0 saturated carbocycles. The Labute approximate surface area is 131 Å². The number of hydrogen-bond donors (Lipinski definition) is 0. The number of benzene rings is 2. The molecular weight excluding hydrogens is 297 g/mol. The van der Waals surface area contributed by atoms with Crippen LogP contribution in [-0.2, 0) is 13.0 Å². The SMILES string of the molecule is N#CCn1c(Cc2ccc(F)cc2)nc2cc3c(cc21)OCO3. The van der Waals surface area contributed by atoms with Crippen molar-refractivity contribution in [1.82, 2.24) is 9.55 Å². The van der Waals surface area contributed by atoms with Gasteiger partial charge in [0.1, 0.15) is 18.2 Å². The second-order valence-corrected chi connectivity index (χ2v) is 5.27. The third kappa shape index (κ3) is 2.36. The zero-order chi connectivity index (χ0) is 15.8. The fourth-order valence-corrected chi connectivity index (χ4v) is 2.73. The van der Waals surface area contributed by atoms with Gasteiger partial charge in [0.2, 0.25) is 6.79 Å². The molecule has 2 heterocycles. The first-order valence-electron chi connectivity index (χ1n) is 7.15. The molecule has 6 heteroatoms. The van der Waals surface area contributed by atoms with Crippen LogP contribution in [0.3, 0.4) is 0 Å². The molecule has 0 unspecified atom stereocenters. The van der Waals surface area contributed by atoms with Crippen molar-refractivity contribution >= 4 is 11.0 Å². The number of ether oxygens (including phenoxy) is 2. The van der Waals surface area contributed by atoms with Crippen LogP contribution in [0.2, 0.25) is 0 Å². The molecule has 0 N–H and O–H groups in total. The normalized spacial score (nSPS) is 12.5. The Balaban J connectivity index is 1.80. The highest BCUT2D eigenvalue weighted by atomic mass is 19.1. The molecular formula is C17H12FN3O2. The van der Waals surface area contributed by atoms with Crippen molar-refractivity contribution in [1.29, 1.82) is 5.26 Å². The van der Waals surface area contributed by atoms with Crippen molar-refractivity contribution in [2.45, 2.75) is 13.0 Å². The number of aromatic nitrogens is 2. The molecule has 0 aliphatic carbocycles. The van der Waals surface area contributed by atoms with Crippen molar-refractivity contribution < 1.29 is 13.9 Å². The molecule has 5 nitrogen and oxygen atoms in total. The van der Waals surface area contributed by atoms with Crippen LogP contribution in [0, 0.1) is 17.1 Å². The third-order valence-electron chi connectivity index (χ3n) is 3.83. The van der Waals surface area contributed by atoms with Gasteiger partial charge in [0.25, 0.3) is 0 Å². The summed E-state index contributed by atoms with van der Waals surface area (Å²) in [6.45, 7) is 0.384. The van der Waals surface area contributed by atoms with Crippen molar-refractivity contribution in [2.24, 2.45) is 0 Å². The lowest BCUT2D eigenvalue weighted by Crippen LogP contribution is -2.03. The number of hydrogen-bond acceptors (Lipinski definition) is 4. The Bertz CT molecular complexity index is 926. The molecule has 0 bridgehead atoms. The van der Waals surface area contributed by atoms with Crippen LogP contribution in [0.5, 0.6) is 11.5 Å². The van der Waals surface area contributed by atoms with E-state index in [0.717, 1.165) is 22.4 Å². The van der Waals surface area contributed by atoms with Crippen LogP contribution in [-0.4, -0.2) is 16.3 Å². The van der Waals surface area contributed by atoms with Gasteiger partial charge in [-0.2, -0.15) is 5.26 Å². The zero-order valence-electron chi connectivity index (χ0n) is 12.1. The predicted molar refractivity (Wildman–Crippen MR) is 80.7 cm³/mol. The van der Waals surface area contributed by atoms with Gasteiger partial charge in [-0.3, -0.25) is 0 Å². The minimum absolute atomic E-state index is 0.187. The van der Waals surface area contributed by atoms with E-state index >= 15 is 0 Å². The number of nitrogens with zero attached hydrogens (tertiary/aromatic N) is 3. The van der Waals surface area contributed by atoms with E-state index in [1.807, 2.05) is 16.7 Å². The van der Waals surface area contributed by atoms with Gasteiger partial charge in [-0.05, 0) is 17.7 Å². The van der Waals surface area contributed by atoms with Gasteiger partial charge in [-0.15, -0.1) is 0 Å². The molecule has 0 spiro atoms. The van der Waals surface area contributed by atoms with Gasteiger partial charge in [0.05, 0.1) is 17.1 Å². The number of imidazole rings is 1. The monoisotopic (exact) mass is 309 g/mol. The van der Waals surface area contributed by atoms with E-state index in [2.05, 4.69) is 11.1 Å². The maximum Gasteiger partial charge on any atom is 0.231 e. The van der Waals surface area contributed by atoms with Crippen molar-refractivity contribution in [3.8, 4) is 17.6 Å². The topological polar surface area (TPSA) is 60.1 Å². The van der Waals surface area contributed by atoms with Crippen molar-refractivity contribution in [2.75, 3.05) is 6.79 Å². The van der Waals surface area contributed by atoms with Gasteiger partial charge in [0, 0.05) is 18.6 Å². The smallest absolute Gasteiger partial charge is 0.231 e. The fraction of sp³-hybridized carbons (Fsp3) is 0.176. The average Bonchev–Trinajstić information content (AvgIpc) is 3.12. The highest BCUT2D eigenvalue weighted by Crippen LogP contribution is 2.36. The van der Waals surface area contributed by atoms with Crippen LogP contribution in [0.15, 0.2) is 36.4 Å². The van der Waals surface area contributed by atoms with Gasteiger partial charge >= 0.3 is 0 Å². The molecule has 1 aliphatic rings. The summed E-state index contributed by atoms with van der Waals surface area (Å²) in [5, 5.41) is 9.11. The maximum atomic E-state index is 13.0. The summed E-state index contributed by atoms with van der Waals surface area (Å²) in [6, 6.07) is 12.1. The van der Waals surface area contributed by atoms with Crippen LogP contribution in [0.1, 0.15) is 11.4 Å². The Morgan fingerprint density at radius 3 is 2.65 bits per heavy atom. The summed E-state index contributed by atoms with van der Waals surface area (Å²) in [6.07, 6.45) is 0.517. The van der Waals surface area contributed by atoms with Gasteiger partial charge in [-0.1, -0.05) is 12.1 Å². The first kappa shape index (κ1) is 13.6. The van der Waals surface area contributed by atoms with Crippen LogP contribution in [0.25, 0.3) is 11.0 Å². The Hall–Kier alpha value is -3.07. The van der Waals surface area contributed by atoms with Crippen LogP contribution in [0.4, 0.5) is 4.39 Å². The second kappa shape index (κ2) is 5.29. The van der Waals surface area contributed by atoms with E-state index in [4.69, 9.17) is 14.7 Å². The zero-order valence-corrected chi connectivity index (χ0v) is 12.1. The van der Waals surface area contributed by atoms with Gasteiger partial charge < -0.3 is 14.0 Å². The molecule has 0 fully saturated rings. The largest absolute Gasteiger partial charge is 0.454 e. The van der Waals surface area contributed by atoms with E-state index in [0.29, 0.717) is 17.9 Å². The first-order chi connectivity index (χ1) is 11.2. The summed E-state index contributed by atoms with van der Waals surface area (Å²) in [5.74, 6) is 1.79. The predicted octanol–water partition coefficient (Wildman–Crippen LogP) is 3.02. The van der Waals surface area contributed by atoms with Crippen molar-refractivity contribution in [3.05, 3.63) is 53.6 Å². The summed E-state index contributed by atoms with van der Waals surface area (Å²) in [7, 11) is 0. The van der Waals surface area contributed by atoms with Gasteiger partial charge in [0.15, 0.2) is 11.5 Å². The Morgan fingerprint density at radius 2 is 1.91 bits per heavy atom. The average molecular weight is 309 g/mol. The number of halogens is 1. The summed E-state index contributed by atoms with van der Waals surface area (Å²) >= 11 is 0. The first-order valence-corrected chi connectivity index (χ1v) is 7.15. The van der Waals surface area contributed by atoms with E-state index in [9.17, 15) is 4.39 Å². The second-order valence-electron chi connectivity index (χ2n) is 5.27. The lowest BCUT2D eigenvalue weighted by Gasteiger charge is -2.05. The molecule has 114 valence electrons. The molecule has 23 heavy (non-hydrogen) atoms. The van der Waals surface area contributed by atoms with E-state index in [-0.39, 0.29) is 19.2 Å². The molecule has 0 amide bonds. The fourth-order valence-electron chi connectivity index (χ4n) is 2.73. The third-order valence-corrected chi connectivity index (χ3v) is 3.83. The molecule has 0 radical (unpaired) electrons. The Morgan fingerprint density at radius 1 is 1.17 bits per heavy atom. The van der Waals surface area contributed by atoms with E-state index in [1.54, 1.807) is 12.1 Å². The molecule has 4 rings (SSSR count). The van der Waals surface area contributed by atoms with E-state index < -0.39 is 0 Å². The Kier molecular flexibility index (Phi) is 3.12. The summed E-state index contributed by atoms with van der Waals surface area (Å²) < 4.78 is 25.6. The lowest BCUT2D eigenvalue weighted by atomic mass is 10.1. The number of fused-ring (bicyclic) bond motifs is 2. The molecule has 0 saturated heterocycles. The molecule has 2 aromatic carbocycles. The molecule has 1 aliphatic heterocycles. The maximum absolute atomic E-state index is 13.0. The van der Waals surface area contributed by atoms with Crippen LogP contribution >= 0.6 is 0 Å². The summed E-state index contributed by atoms with van der Waals surface area (Å²) in [5.41, 5.74) is 2.51. The highest BCUT2D eigenvalue weighted by Gasteiger charge is 2.19. The number of rotatable bonds is 3. The van der Waals surface area contributed by atoms with Crippen molar-refractivity contribution in [3.63, 3.8) is 0 Å². The van der Waals surface area contributed by atoms with Gasteiger partial charge in [-0.25, -0.2) is 9.37 Å². The standard InChI is InChI=1S/C17H12FN3O2/c18-12-3-1-11(2-4-12)7-17-20-13-8-15-16(23-10-22-15)9-14(13)21(17)6-5-19/h1-4,8-9H,6-7,10H2. The molecule has 3 aromatic rings. The number of nitriles is 1. The van der Waals surface area contributed by atoms with E-state index in [1.165, 1.54) is 12.1 Å². The lowest BCUT2D eigenvalue weighted by molar-refractivity contribution is 0.174. The molecule has 1 aromatic heterocycles.